The highest BCUT2D eigenvalue weighted by molar-refractivity contribution is 5.37. The second kappa shape index (κ2) is 8.98. The Labute approximate surface area is 124 Å². The standard InChI is InChI=1S/C17H30N2O/c1-6-14(3)12-19(7-2)13-16-10-15(11-18-4)8-9-17(16)20-5/h8-10,14,18H,6-7,11-13H2,1-5H3. The molecule has 114 valence electrons. The first-order valence-corrected chi connectivity index (χ1v) is 7.67. The molecule has 20 heavy (non-hydrogen) atoms. The van der Waals surface area contributed by atoms with Crippen molar-refractivity contribution >= 4 is 0 Å². The number of ether oxygens (including phenoxy) is 1. The van der Waals surface area contributed by atoms with Crippen molar-refractivity contribution in [3.8, 4) is 5.75 Å². The molecule has 0 aliphatic rings. The molecule has 0 aromatic heterocycles. The topological polar surface area (TPSA) is 24.5 Å². The van der Waals surface area contributed by atoms with Crippen LogP contribution in [0.5, 0.6) is 5.75 Å². The van der Waals surface area contributed by atoms with E-state index in [4.69, 9.17) is 4.74 Å². The molecule has 1 atom stereocenters. The van der Waals surface area contributed by atoms with Crippen LogP contribution < -0.4 is 10.1 Å². The van der Waals surface area contributed by atoms with Gasteiger partial charge in [-0.15, -0.1) is 0 Å². The van der Waals surface area contributed by atoms with Crippen molar-refractivity contribution in [1.29, 1.82) is 0 Å². The Hall–Kier alpha value is -1.06. The van der Waals surface area contributed by atoms with E-state index in [1.807, 2.05) is 7.05 Å². The molecule has 0 spiro atoms. The number of methoxy groups -OCH3 is 1. The van der Waals surface area contributed by atoms with Crippen LogP contribution in [-0.2, 0) is 13.1 Å². The van der Waals surface area contributed by atoms with E-state index in [1.54, 1.807) is 7.11 Å². The average molecular weight is 278 g/mol. The van der Waals surface area contributed by atoms with Gasteiger partial charge in [0.1, 0.15) is 5.75 Å². The zero-order valence-corrected chi connectivity index (χ0v) is 13.7. The zero-order valence-electron chi connectivity index (χ0n) is 13.7. The van der Waals surface area contributed by atoms with E-state index in [0.29, 0.717) is 0 Å². The molecular weight excluding hydrogens is 248 g/mol. The van der Waals surface area contributed by atoms with Crippen LogP contribution in [0, 0.1) is 5.92 Å². The number of hydrogen-bond donors (Lipinski definition) is 1. The normalized spacial score (nSPS) is 12.7. The lowest BCUT2D eigenvalue weighted by Gasteiger charge is -2.25. The minimum atomic E-state index is 0.737. The largest absolute Gasteiger partial charge is 0.496 e. The molecule has 1 aromatic carbocycles. The summed E-state index contributed by atoms with van der Waals surface area (Å²) in [6, 6.07) is 6.47. The highest BCUT2D eigenvalue weighted by atomic mass is 16.5. The van der Waals surface area contributed by atoms with Crippen molar-refractivity contribution in [2.45, 2.75) is 40.3 Å². The molecular formula is C17H30N2O. The van der Waals surface area contributed by atoms with E-state index in [9.17, 15) is 0 Å². The molecule has 0 heterocycles. The molecule has 3 heteroatoms. The number of nitrogens with zero attached hydrogens (tertiary/aromatic N) is 1. The van der Waals surface area contributed by atoms with Crippen molar-refractivity contribution in [2.24, 2.45) is 5.92 Å². The molecule has 0 saturated heterocycles. The summed E-state index contributed by atoms with van der Waals surface area (Å²) >= 11 is 0. The van der Waals surface area contributed by atoms with E-state index in [0.717, 1.165) is 37.8 Å². The summed E-state index contributed by atoms with van der Waals surface area (Å²) in [4.78, 5) is 2.50. The van der Waals surface area contributed by atoms with Gasteiger partial charge in [-0.2, -0.15) is 0 Å². The second-order valence-electron chi connectivity index (χ2n) is 5.52. The lowest BCUT2D eigenvalue weighted by atomic mass is 10.1. The van der Waals surface area contributed by atoms with Gasteiger partial charge >= 0.3 is 0 Å². The first kappa shape index (κ1) is 17.0. The van der Waals surface area contributed by atoms with Crippen LogP contribution >= 0.6 is 0 Å². The molecule has 1 unspecified atom stereocenters. The van der Waals surface area contributed by atoms with E-state index < -0.39 is 0 Å². The Balaban J connectivity index is 2.83. The third kappa shape index (κ3) is 5.14. The number of benzene rings is 1. The maximum atomic E-state index is 5.51. The fourth-order valence-corrected chi connectivity index (χ4v) is 2.39. The molecule has 1 N–H and O–H groups in total. The molecule has 3 nitrogen and oxygen atoms in total. The summed E-state index contributed by atoms with van der Waals surface area (Å²) in [6.07, 6.45) is 1.23. The van der Waals surface area contributed by atoms with Crippen molar-refractivity contribution in [3.05, 3.63) is 29.3 Å². The van der Waals surface area contributed by atoms with Crippen LogP contribution in [0.25, 0.3) is 0 Å². The Morgan fingerprint density at radius 3 is 2.60 bits per heavy atom. The van der Waals surface area contributed by atoms with Crippen molar-refractivity contribution in [1.82, 2.24) is 10.2 Å². The lowest BCUT2D eigenvalue weighted by Crippen LogP contribution is -2.28. The summed E-state index contributed by atoms with van der Waals surface area (Å²) in [5.41, 5.74) is 2.59. The zero-order chi connectivity index (χ0) is 15.0. The summed E-state index contributed by atoms with van der Waals surface area (Å²) in [6.45, 7) is 10.9. The summed E-state index contributed by atoms with van der Waals surface area (Å²) in [5, 5.41) is 3.20. The minimum absolute atomic E-state index is 0.737. The molecule has 0 aliphatic heterocycles. The van der Waals surface area contributed by atoms with Gasteiger partial charge in [-0.05, 0) is 37.2 Å². The van der Waals surface area contributed by atoms with Crippen LogP contribution in [0.4, 0.5) is 0 Å². The van der Waals surface area contributed by atoms with Gasteiger partial charge in [0.15, 0.2) is 0 Å². The van der Waals surface area contributed by atoms with Crippen molar-refractivity contribution in [3.63, 3.8) is 0 Å². The van der Waals surface area contributed by atoms with Gasteiger partial charge in [-0.3, -0.25) is 4.90 Å². The van der Waals surface area contributed by atoms with Gasteiger partial charge in [-0.25, -0.2) is 0 Å². The fraction of sp³-hybridized carbons (Fsp3) is 0.647. The van der Waals surface area contributed by atoms with Gasteiger partial charge in [0.25, 0.3) is 0 Å². The van der Waals surface area contributed by atoms with Crippen molar-refractivity contribution in [2.75, 3.05) is 27.2 Å². The van der Waals surface area contributed by atoms with Gasteiger partial charge in [-0.1, -0.05) is 33.3 Å². The molecule has 1 rings (SSSR count). The monoisotopic (exact) mass is 278 g/mol. The third-order valence-electron chi connectivity index (χ3n) is 3.83. The average Bonchev–Trinajstić information content (AvgIpc) is 2.47. The Kier molecular flexibility index (Phi) is 7.63. The molecule has 0 fully saturated rings. The summed E-state index contributed by atoms with van der Waals surface area (Å²) < 4.78 is 5.51. The summed E-state index contributed by atoms with van der Waals surface area (Å²) in [7, 11) is 3.73. The van der Waals surface area contributed by atoms with Gasteiger partial charge in [0, 0.05) is 25.2 Å². The third-order valence-corrected chi connectivity index (χ3v) is 3.83. The van der Waals surface area contributed by atoms with Gasteiger partial charge in [0.05, 0.1) is 7.11 Å². The smallest absolute Gasteiger partial charge is 0.123 e. The lowest BCUT2D eigenvalue weighted by molar-refractivity contribution is 0.235. The maximum absolute atomic E-state index is 5.51. The number of rotatable bonds is 9. The molecule has 0 aliphatic carbocycles. The van der Waals surface area contributed by atoms with Gasteiger partial charge < -0.3 is 10.1 Å². The number of nitrogens with one attached hydrogen (secondary N) is 1. The SMILES string of the molecule is CCC(C)CN(CC)Cc1cc(CNC)ccc1OC. The summed E-state index contributed by atoms with van der Waals surface area (Å²) in [5.74, 6) is 1.73. The van der Waals surface area contributed by atoms with E-state index in [2.05, 4.69) is 49.2 Å². The van der Waals surface area contributed by atoms with E-state index in [-0.39, 0.29) is 0 Å². The van der Waals surface area contributed by atoms with Crippen LogP contribution in [0.1, 0.15) is 38.3 Å². The second-order valence-corrected chi connectivity index (χ2v) is 5.52. The minimum Gasteiger partial charge on any atom is -0.496 e. The highest BCUT2D eigenvalue weighted by Gasteiger charge is 2.11. The van der Waals surface area contributed by atoms with Crippen molar-refractivity contribution < 1.29 is 4.74 Å². The van der Waals surface area contributed by atoms with Gasteiger partial charge in [0.2, 0.25) is 0 Å². The first-order chi connectivity index (χ1) is 9.64. The fourth-order valence-electron chi connectivity index (χ4n) is 2.39. The molecule has 0 amide bonds. The Morgan fingerprint density at radius 1 is 1.30 bits per heavy atom. The van der Waals surface area contributed by atoms with E-state index >= 15 is 0 Å². The Morgan fingerprint density at radius 2 is 2.05 bits per heavy atom. The van der Waals surface area contributed by atoms with Crippen LogP contribution in [-0.4, -0.2) is 32.1 Å². The first-order valence-electron chi connectivity index (χ1n) is 7.67. The number of hydrogen-bond acceptors (Lipinski definition) is 3. The van der Waals surface area contributed by atoms with Crippen LogP contribution in [0.2, 0.25) is 0 Å². The molecule has 1 aromatic rings. The van der Waals surface area contributed by atoms with Crippen LogP contribution in [0.15, 0.2) is 18.2 Å². The molecule has 0 radical (unpaired) electrons. The van der Waals surface area contributed by atoms with Crippen LogP contribution in [0.3, 0.4) is 0 Å². The van der Waals surface area contributed by atoms with E-state index in [1.165, 1.54) is 17.5 Å². The highest BCUT2D eigenvalue weighted by Crippen LogP contribution is 2.22. The predicted octanol–water partition coefficient (Wildman–Crippen LogP) is 3.28. The predicted molar refractivity (Wildman–Crippen MR) is 86.2 cm³/mol. The Bertz CT molecular complexity index is 393. The maximum Gasteiger partial charge on any atom is 0.123 e. The quantitative estimate of drug-likeness (QED) is 0.750. The molecule has 0 bridgehead atoms. The molecule has 0 saturated carbocycles.